The van der Waals surface area contributed by atoms with Gasteiger partial charge >= 0.3 is 0 Å². The number of nitrogens with one attached hydrogen (secondary N) is 1. The van der Waals surface area contributed by atoms with Crippen molar-refractivity contribution in [3.05, 3.63) is 29.1 Å². The van der Waals surface area contributed by atoms with Crippen molar-refractivity contribution < 1.29 is 9.90 Å². The molecule has 6 nitrogen and oxygen atoms in total. The van der Waals surface area contributed by atoms with Crippen LogP contribution >= 0.6 is 0 Å². The number of aromatic amines is 1. The third kappa shape index (κ3) is 3.41. The van der Waals surface area contributed by atoms with Crippen molar-refractivity contribution in [3.63, 3.8) is 0 Å². The molecule has 1 aromatic heterocycles. The van der Waals surface area contributed by atoms with Gasteiger partial charge < -0.3 is 15.0 Å². The number of carbonyl (C=O) groups is 1. The molecule has 0 unspecified atom stereocenters. The van der Waals surface area contributed by atoms with Crippen molar-refractivity contribution in [2.24, 2.45) is 5.92 Å². The van der Waals surface area contributed by atoms with Crippen molar-refractivity contribution in [1.82, 2.24) is 19.8 Å². The number of aliphatic hydroxyl groups is 1. The van der Waals surface area contributed by atoms with Crippen LogP contribution in [-0.4, -0.2) is 63.1 Å². The smallest absolute Gasteiger partial charge is 0.225 e. The lowest BCUT2D eigenvalue weighted by Gasteiger charge is -2.21. The quantitative estimate of drug-likeness (QED) is 0.889. The van der Waals surface area contributed by atoms with Gasteiger partial charge in [-0.05, 0) is 43.9 Å². The summed E-state index contributed by atoms with van der Waals surface area (Å²) in [6.45, 7) is 7.33. The summed E-state index contributed by atoms with van der Waals surface area (Å²) in [6.07, 6.45) is 1.51. The molecule has 2 aliphatic rings. The number of amides is 1. The van der Waals surface area contributed by atoms with Crippen molar-refractivity contribution in [1.29, 1.82) is 0 Å². The molecular weight excluding hydrogens is 316 g/mol. The van der Waals surface area contributed by atoms with Crippen LogP contribution < -0.4 is 0 Å². The minimum atomic E-state index is -0.501. The maximum absolute atomic E-state index is 12.3. The van der Waals surface area contributed by atoms with Crippen LogP contribution in [0.1, 0.15) is 29.8 Å². The topological polar surface area (TPSA) is 72.5 Å². The maximum Gasteiger partial charge on any atom is 0.225 e. The van der Waals surface area contributed by atoms with E-state index in [2.05, 4.69) is 35.9 Å². The fraction of sp³-hybridized carbons (Fsp3) is 0.579. The Balaban J connectivity index is 1.47. The van der Waals surface area contributed by atoms with Gasteiger partial charge in [-0.1, -0.05) is 6.07 Å². The SMILES string of the molecule is Cc1ccc2[nH]c(CN3CCN(C(=O)C4CC4)C[C@@H](O)C3)nc2c1C. The Morgan fingerprint density at radius 3 is 2.84 bits per heavy atom. The monoisotopic (exact) mass is 342 g/mol. The maximum atomic E-state index is 12.3. The summed E-state index contributed by atoms with van der Waals surface area (Å²) in [4.78, 5) is 24.5. The minimum Gasteiger partial charge on any atom is -0.390 e. The van der Waals surface area contributed by atoms with Gasteiger partial charge in [0.1, 0.15) is 5.82 Å². The first-order valence-corrected chi connectivity index (χ1v) is 9.15. The molecule has 0 bridgehead atoms. The fourth-order valence-electron chi connectivity index (χ4n) is 3.64. The van der Waals surface area contributed by atoms with E-state index in [9.17, 15) is 9.90 Å². The predicted molar refractivity (Wildman–Crippen MR) is 96.2 cm³/mol. The van der Waals surface area contributed by atoms with Gasteiger partial charge in [0.2, 0.25) is 5.91 Å². The van der Waals surface area contributed by atoms with Crippen LogP contribution in [0.4, 0.5) is 0 Å². The van der Waals surface area contributed by atoms with Gasteiger partial charge in [-0.15, -0.1) is 0 Å². The second-order valence-corrected chi connectivity index (χ2v) is 7.53. The molecule has 1 atom stereocenters. The number of hydrogen-bond acceptors (Lipinski definition) is 4. The first-order chi connectivity index (χ1) is 12.0. The lowest BCUT2D eigenvalue weighted by atomic mass is 10.1. The van der Waals surface area contributed by atoms with Crippen LogP contribution in [0.3, 0.4) is 0 Å². The average molecular weight is 342 g/mol. The molecule has 1 aliphatic heterocycles. The number of rotatable bonds is 3. The molecule has 1 aromatic carbocycles. The van der Waals surface area contributed by atoms with Crippen LogP contribution in [0.25, 0.3) is 11.0 Å². The summed E-state index contributed by atoms with van der Waals surface area (Å²) in [6, 6.07) is 4.18. The number of hydrogen-bond donors (Lipinski definition) is 2. The fourth-order valence-corrected chi connectivity index (χ4v) is 3.64. The van der Waals surface area contributed by atoms with Crippen LogP contribution in [0, 0.1) is 19.8 Å². The molecule has 1 amide bonds. The van der Waals surface area contributed by atoms with Crippen LogP contribution in [0.2, 0.25) is 0 Å². The minimum absolute atomic E-state index is 0.209. The first kappa shape index (κ1) is 16.5. The van der Waals surface area contributed by atoms with Crippen LogP contribution in [0.15, 0.2) is 12.1 Å². The molecule has 0 radical (unpaired) electrons. The lowest BCUT2D eigenvalue weighted by Crippen LogP contribution is -2.38. The zero-order chi connectivity index (χ0) is 17.6. The molecule has 0 spiro atoms. The highest BCUT2D eigenvalue weighted by Crippen LogP contribution is 2.31. The van der Waals surface area contributed by atoms with E-state index in [1.165, 1.54) is 11.1 Å². The molecule has 2 fully saturated rings. The number of aliphatic hydroxyl groups excluding tert-OH is 1. The van der Waals surface area contributed by atoms with E-state index >= 15 is 0 Å². The normalized spacial score (nSPS) is 22.4. The van der Waals surface area contributed by atoms with E-state index in [-0.39, 0.29) is 11.8 Å². The second-order valence-electron chi connectivity index (χ2n) is 7.53. The van der Waals surface area contributed by atoms with E-state index in [1.807, 2.05) is 4.90 Å². The highest BCUT2D eigenvalue weighted by atomic mass is 16.3. The second kappa shape index (κ2) is 6.42. The van der Waals surface area contributed by atoms with Crippen LogP contribution in [0.5, 0.6) is 0 Å². The number of carbonyl (C=O) groups excluding carboxylic acids is 1. The Bertz CT molecular complexity index is 796. The Labute approximate surface area is 147 Å². The molecule has 2 heterocycles. The highest BCUT2D eigenvalue weighted by molar-refractivity contribution is 5.81. The standard InChI is InChI=1S/C19H26N4O2/c1-12-3-6-16-18(13(12)2)21-17(20-16)11-22-7-8-23(10-15(24)9-22)19(25)14-4-5-14/h3,6,14-15,24H,4-5,7-11H2,1-2H3,(H,20,21)/t15-/m0/s1. The van der Waals surface area contributed by atoms with Crippen molar-refractivity contribution in [3.8, 4) is 0 Å². The molecule has 1 saturated heterocycles. The van der Waals surface area contributed by atoms with Crippen molar-refractivity contribution >= 4 is 16.9 Å². The Morgan fingerprint density at radius 2 is 2.08 bits per heavy atom. The Hall–Kier alpha value is -1.92. The van der Waals surface area contributed by atoms with E-state index in [1.54, 1.807) is 0 Å². The third-order valence-electron chi connectivity index (χ3n) is 5.43. The van der Waals surface area contributed by atoms with Gasteiger partial charge in [0.15, 0.2) is 0 Å². The summed E-state index contributed by atoms with van der Waals surface area (Å²) in [5, 5.41) is 10.3. The summed E-state index contributed by atoms with van der Waals surface area (Å²) < 4.78 is 0. The van der Waals surface area contributed by atoms with Gasteiger partial charge in [0.25, 0.3) is 0 Å². The molecular formula is C19H26N4O2. The largest absolute Gasteiger partial charge is 0.390 e. The number of imidazole rings is 1. The lowest BCUT2D eigenvalue weighted by molar-refractivity contribution is -0.133. The predicted octanol–water partition coefficient (Wildman–Crippen LogP) is 1.59. The van der Waals surface area contributed by atoms with Gasteiger partial charge in [0.05, 0.1) is 23.7 Å². The van der Waals surface area contributed by atoms with Crippen molar-refractivity contribution in [2.45, 2.75) is 39.3 Å². The van der Waals surface area contributed by atoms with Crippen LogP contribution in [-0.2, 0) is 11.3 Å². The van der Waals surface area contributed by atoms with Crippen molar-refractivity contribution in [2.75, 3.05) is 26.2 Å². The van der Waals surface area contributed by atoms with E-state index < -0.39 is 6.10 Å². The third-order valence-corrected chi connectivity index (χ3v) is 5.43. The van der Waals surface area contributed by atoms with Gasteiger partial charge in [-0.3, -0.25) is 9.69 Å². The van der Waals surface area contributed by atoms with Gasteiger partial charge in [-0.2, -0.15) is 0 Å². The molecule has 25 heavy (non-hydrogen) atoms. The molecule has 2 aromatic rings. The Morgan fingerprint density at radius 1 is 1.28 bits per heavy atom. The van der Waals surface area contributed by atoms with Gasteiger partial charge in [0, 0.05) is 32.1 Å². The summed E-state index contributed by atoms with van der Waals surface area (Å²) in [7, 11) is 0. The number of aromatic nitrogens is 2. The highest BCUT2D eigenvalue weighted by Gasteiger charge is 2.35. The number of β-amino-alcohol motifs (C(OH)–C–C–N with tert-alkyl or cyclic N) is 1. The number of aryl methyl sites for hydroxylation is 2. The average Bonchev–Trinajstić information content (AvgIpc) is 3.36. The number of nitrogens with zero attached hydrogens (tertiary/aromatic N) is 3. The summed E-state index contributed by atoms with van der Waals surface area (Å²) >= 11 is 0. The molecule has 2 N–H and O–H groups in total. The summed E-state index contributed by atoms with van der Waals surface area (Å²) in [5.41, 5.74) is 4.52. The molecule has 134 valence electrons. The number of H-pyrrole nitrogens is 1. The van der Waals surface area contributed by atoms with E-state index in [0.29, 0.717) is 26.2 Å². The van der Waals surface area contributed by atoms with E-state index in [4.69, 9.17) is 4.98 Å². The number of benzene rings is 1. The van der Waals surface area contributed by atoms with Gasteiger partial charge in [-0.25, -0.2) is 4.98 Å². The zero-order valence-electron chi connectivity index (χ0n) is 15.0. The molecule has 1 saturated carbocycles. The zero-order valence-corrected chi connectivity index (χ0v) is 15.0. The molecule has 1 aliphatic carbocycles. The Kier molecular flexibility index (Phi) is 4.25. The first-order valence-electron chi connectivity index (χ1n) is 9.15. The summed E-state index contributed by atoms with van der Waals surface area (Å²) in [5.74, 6) is 1.34. The molecule has 4 rings (SSSR count). The number of fused-ring (bicyclic) bond motifs is 1. The molecule has 6 heteroatoms. The van der Waals surface area contributed by atoms with E-state index in [0.717, 1.165) is 36.2 Å².